The van der Waals surface area contributed by atoms with E-state index in [2.05, 4.69) is 0 Å². The lowest BCUT2D eigenvalue weighted by Crippen LogP contribution is -2.61. The molecule has 0 saturated carbocycles. The predicted octanol–water partition coefficient (Wildman–Crippen LogP) is -1.15. The molecule has 9 atom stereocenters. The summed E-state index contributed by atoms with van der Waals surface area (Å²) in [6.07, 6.45) is -14.3. The van der Waals surface area contributed by atoms with Crippen molar-refractivity contribution in [2.45, 2.75) is 55.3 Å². The Bertz CT molecular complexity index is 1400. The van der Waals surface area contributed by atoms with Gasteiger partial charge in [0.05, 0.1) is 24.8 Å². The van der Waals surface area contributed by atoms with E-state index < -0.39 is 73.4 Å². The molecule has 3 aromatic rings. The van der Waals surface area contributed by atoms with Gasteiger partial charge in [-0.2, -0.15) is 0 Å². The van der Waals surface area contributed by atoms with Gasteiger partial charge < -0.3 is 70.0 Å². The number of rotatable bonds is 6. The predicted molar refractivity (Wildman–Crippen MR) is 134 cm³/mol. The fourth-order valence-electron chi connectivity index (χ4n) is 4.53. The van der Waals surface area contributed by atoms with Crippen LogP contribution in [-0.2, 0) is 14.2 Å². The fourth-order valence-corrected chi connectivity index (χ4v) is 4.53. The van der Waals surface area contributed by atoms with Crippen LogP contribution < -0.4 is 4.74 Å². The number of benzene rings is 2. The van der Waals surface area contributed by atoms with Crippen LogP contribution in [-0.4, -0.2) is 120 Å². The molecular weight excluding hydrogens is 552 g/mol. The van der Waals surface area contributed by atoms with Crippen LogP contribution in [0.5, 0.6) is 28.7 Å². The van der Waals surface area contributed by atoms with Crippen molar-refractivity contribution in [1.82, 2.24) is 0 Å². The molecule has 2 aliphatic heterocycles. The van der Waals surface area contributed by atoms with Crippen LogP contribution in [0, 0.1) is 0 Å². The normalized spacial score (nSPS) is 32.2. The summed E-state index contributed by atoms with van der Waals surface area (Å²) >= 11 is 0. The van der Waals surface area contributed by atoms with Gasteiger partial charge in [-0.1, -0.05) is 0 Å². The molecule has 0 radical (unpaired) electrons. The Morgan fingerprint density at radius 1 is 0.756 bits per heavy atom. The van der Waals surface area contributed by atoms with E-state index in [4.69, 9.17) is 23.4 Å². The number of phenolic OH excluding ortho intramolecular Hbond substituents is 4. The quantitative estimate of drug-likeness (QED) is 0.122. The molecule has 15 nitrogen and oxygen atoms in total. The molecule has 0 amide bonds. The Morgan fingerprint density at radius 2 is 1.49 bits per heavy atom. The average Bonchev–Trinajstić information content (AvgIpc) is 2.93. The third kappa shape index (κ3) is 5.67. The average molecular weight is 582 g/mol. The number of phenols is 4. The number of ether oxygens (including phenoxy) is 4. The summed E-state index contributed by atoms with van der Waals surface area (Å²) < 4.78 is 27.9. The lowest BCUT2D eigenvalue weighted by molar-refractivity contribution is -0.307. The second-order valence-electron chi connectivity index (χ2n) is 9.74. The molecule has 2 aliphatic rings. The summed E-state index contributed by atoms with van der Waals surface area (Å²) in [6, 6.07) is 7.22. The van der Waals surface area contributed by atoms with Gasteiger partial charge in [0.15, 0.2) is 17.8 Å². The van der Waals surface area contributed by atoms with Crippen LogP contribution in [0.3, 0.4) is 0 Å². The van der Waals surface area contributed by atoms with Crippen LogP contribution in [0.25, 0.3) is 22.3 Å². The van der Waals surface area contributed by atoms with Crippen LogP contribution in [0.15, 0.2) is 40.8 Å². The van der Waals surface area contributed by atoms with E-state index in [0.717, 1.165) is 12.1 Å². The molecule has 10 N–H and O–H groups in total. The number of aromatic hydroxyl groups is 4. The molecule has 2 aromatic carbocycles. The zero-order valence-electron chi connectivity index (χ0n) is 21.1. The van der Waals surface area contributed by atoms with Gasteiger partial charge in [0.25, 0.3) is 0 Å². The van der Waals surface area contributed by atoms with Crippen LogP contribution >= 0.6 is 0 Å². The molecule has 222 valence electrons. The van der Waals surface area contributed by atoms with E-state index in [1.165, 1.54) is 24.3 Å². The molecule has 2 saturated heterocycles. The van der Waals surface area contributed by atoms with Crippen molar-refractivity contribution in [1.29, 1.82) is 0 Å². The number of hydrogen-bond donors (Lipinski definition) is 10. The molecule has 3 heterocycles. The fraction of sp³-hybridized carbons (Fsp3) is 0.423. The second kappa shape index (κ2) is 11.4. The van der Waals surface area contributed by atoms with Crippen molar-refractivity contribution < 1.29 is 74.4 Å². The van der Waals surface area contributed by atoms with Gasteiger partial charge in [-0.3, -0.25) is 0 Å². The van der Waals surface area contributed by atoms with E-state index in [-0.39, 0.29) is 46.1 Å². The Balaban J connectivity index is 1.44. The first kappa shape index (κ1) is 29.0. The van der Waals surface area contributed by atoms with Crippen molar-refractivity contribution in [2.75, 3.05) is 13.2 Å². The van der Waals surface area contributed by atoms with E-state index in [1.807, 2.05) is 0 Å². The van der Waals surface area contributed by atoms with Crippen LogP contribution in [0.2, 0.25) is 0 Å². The maximum atomic E-state index is 10.6. The summed E-state index contributed by atoms with van der Waals surface area (Å²) in [6.45, 7) is -0.855. The minimum Gasteiger partial charge on any atom is -0.507 e. The Labute approximate surface area is 230 Å². The van der Waals surface area contributed by atoms with E-state index in [0.29, 0.717) is 0 Å². The lowest BCUT2D eigenvalue weighted by atomic mass is 9.99. The molecule has 0 spiro atoms. The van der Waals surface area contributed by atoms with Gasteiger partial charge in [-0.25, -0.2) is 4.42 Å². The highest BCUT2D eigenvalue weighted by Crippen LogP contribution is 2.42. The number of aliphatic hydroxyl groups excluding tert-OH is 6. The van der Waals surface area contributed by atoms with Gasteiger partial charge in [0.1, 0.15) is 59.6 Å². The van der Waals surface area contributed by atoms with Crippen molar-refractivity contribution in [2.24, 2.45) is 0 Å². The number of hydrogen-bond acceptors (Lipinski definition) is 14. The monoisotopic (exact) mass is 581 g/mol. The molecule has 0 unspecified atom stereocenters. The van der Waals surface area contributed by atoms with Crippen molar-refractivity contribution in [3.05, 3.63) is 36.4 Å². The summed E-state index contributed by atoms with van der Waals surface area (Å²) in [5, 5.41) is 101. The Kier molecular flexibility index (Phi) is 8.06. The summed E-state index contributed by atoms with van der Waals surface area (Å²) in [7, 11) is 0. The maximum absolute atomic E-state index is 10.6. The highest BCUT2D eigenvalue weighted by atomic mass is 16.7. The highest BCUT2D eigenvalue weighted by Gasteiger charge is 2.47. The Hall–Kier alpha value is -3.51. The smallest absolute Gasteiger partial charge is 0.402 e. The topological polar surface area (TPSA) is 251 Å². The molecular formula is C26H29O15+. The van der Waals surface area contributed by atoms with Gasteiger partial charge in [0.2, 0.25) is 12.0 Å². The Morgan fingerprint density at radius 3 is 2.22 bits per heavy atom. The molecule has 2 fully saturated rings. The SMILES string of the molecule is Oc1cc(O)c2cc(O[C@@H]3O[C@H](CO[C@@H]4OC[C@@H](O)[C@@H](O)[C@H]4O)[C@@H](O)[C@@H](O)[C@H]3O)c(-c3ccc(O)c(O)c3)[o+]c2c1. The molecule has 1 aromatic heterocycles. The first-order chi connectivity index (χ1) is 19.4. The molecule has 0 bridgehead atoms. The maximum Gasteiger partial charge on any atom is 0.402 e. The van der Waals surface area contributed by atoms with Gasteiger partial charge in [-0.05, 0) is 12.1 Å². The zero-order valence-corrected chi connectivity index (χ0v) is 21.1. The number of fused-ring (bicyclic) bond motifs is 1. The van der Waals surface area contributed by atoms with E-state index in [1.54, 1.807) is 0 Å². The molecule has 5 rings (SSSR count). The first-order valence-electron chi connectivity index (χ1n) is 12.4. The summed E-state index contributed by atoms with van der Waals surface area (Å²) in [4.78, 5) is 0. The third-order valence-corrected chi connectivity index (χ3v) is 6.84. The molecule has 15 heteroatoms. The highest BCUT2D eigenvalue weighted by molar-refractivity contribution is 5.88. The largest absolute Gasteiger partial charge is 0.507 e. The standard InChI is InChI=1S/C26H28O15/c27-10-4-13(29)11-6-17(24(39-16(11)5-10)9-1-2-12(28)14(30)3-9)40-26-23(36)21(34)20(33)18(41-26)8-38-25-22(35)19(32)15(31)7-37-25/h1-6,15,18-23,25-26,31-36H,7-8H2,(H3-,27,28,29,30)/p+1/t15-,18-,19-,20-,21-,22-,23-,25+,26-/m1/s1. The van der Waals surface area contributed by atoms with Crippen LogP contribution in [0.1, 0.15) is 0 Å². The van der Waals surface area contributed by atoms with Gasteiger partial charge >= 0.3 is 11.3 Å². The number of aliphatic hydroxyl groups is 6. The summed E-state index contributed by atoms with van der Waals surface area (Å²) in [5.74, 6) is -1.91. The lowest BCUT2D eigenvalue weighted by Gasteiger charge is -2.41. The second-order valence-corrected chi connectivity index (χ2v) is 9.74. The molecule has 0 aliphatic carbocycles. The zero-order chi connectivity index (χ0) is 29.6. The van der Waals surface area contributed by atoms with Gasteiger partial charge in [0, 0.05) is 18.2 Å². The first-order valence-corrected chi connectivity index (χ1v) is 12.4. The van der Waals surface area contributed by atoms with Crippen LogP contribution in [0.4, 0.5) is 0 Å². The van der Waals surface area contributed by atoms with Crippen molar-refractivity contribution >= 4 is 11.0 Å². The third-order valence-electron chi connectivity index (χ3n) is 6.84. The van der Waals surface area contributed by atoms with E-state index in [9.17, 15) is 51.1 Å². The van der Waals surface area contributed by atoms with Gasteiger partial charge in [-0.15, -0.1) is 0 Å². The van der Waals surface area contributed by atoms with Crippen molar-refractivity contribution in [3.8, 4) is 40.1 Å². The minimum absolute atomic E-state index is 0.00241. The molecule has 41 heavy (non-hydrogen) atoms. The minimum atomic E-state index is -1.82. The van der Waals surface area contributed by atoms with E-state index >= 15 is 0 Å². The van der Waals surface area contributed by atoms with Crippen molar-refractivity contribution in [3.63, 3.8) is 0 Å². The summed E-state index contributed by atoms with van der Waals surface area (Å²) in [5.41, 5.74) is 0.164.